The lowest BCUT2D eigenvalue weighted by Crippen LogP contribution is -2.43. The van der Waals surface area contributed by atoms with Crippen molar-refractivity contribution in [3.8, 4) is 0 Å². The van der Waals surface area contributed by atoms with Gasteiger partial charge in [0.2, 0.25) is 0 Å². The summed E-state index contributed by atoms with van der Waals surface area (Å²) in [6.07, 6.45) is 2.02. The fourth-order valence-electron chi connectivity index (χ4n) is 7.34. The summed E-state index contributed by atoms with van der Waals surface area (Å²) in [4.78, 5) is 42.6. The zero-order chi connectivity index (χ0) is 31.0. The average Bonchev–Trinajstić information content (AvgIpc) is 3.70. The number of hydrogen-bond acceptors (Lipinski definition) is 7. The van der Waals surface area contributed by atoms with Crippen LogP contribution in [-0.4, -0.2) is 49.0 Å². The second kappa shape index (κ2) is 10.1. The number of carbonyl (C=O) groups excluding carboxylic acids is 2. The van der Waals surface area contributed by atoms with Gasteiger partial charge in [0.1, 0.15) is 11.2 Å². The first-order chi connectivity index (χ1) is 20.4. The van der Waals surface area contributed by atoms with Crippen LogP contribution in [0.15, 0.2) is 18.2 Å². The number of fused-ring (bicyclic) bond motifs is 8. The van der Waals surface area contributed by atoms with Gasteiger partial charge in [-0.1, -0.05) is 20.8 Å². The van der Waals surface area contributed by atoms with Gasteiger partial charge in [0.15, 0.2) is 5.78 Å². The second-order valence-electron chi connectivity index (χ2n) is 12.4. The van der Waals surface area contributed by atoms with E-state index in [0.717, 1.165) is 56.6 Å². The minimum absolute atomic E-state index is 0.000487. The molecular formula is C34H40N4O5. The van der Waals surface area contributed by atoms with Crippen LogP contribution in [0.3, 0.4) is 0 Å². The number of rotatable bonds is 5. The summed E-state index contributed by atoms with van der Waals surface area (Å²) in [5.41, 5.74) is 6.61. The Bertz CT molecular complexity index is 1850. The van der Waals surface area contributed by atoms with Gasteiger partial charge in [-0.05, 0) is 74.9 Å². The number of ether oxygens (including phenoxy) is 1. The first-order valence-corrected chi connectivity index (χ1v) is 15.2. The molecule has 9 heteroatoms. The quantitative estimate of drug-likeness (QED) is 0.287. The summed E-state index contributed by atoms with van der Waals surface area (Å²) in [5, 5.41) is 23.7. The van der Waals surface area contributed by atoms with Crippen molar-refractivity contribution < 1.29 is 24.5 Å². The highest BCUT2D eigenvalue weighted by Gasteiger charge is 2.53. The first kappa shape index (κ1) is 29.3. The van der Waals surface area contributed by atoms with Crippen molar-refractivity contribution in [2.24, 2.45) is 0 Å². The molecule has 9 nitrogen and oxygen atoms in total. The van der Waals surface area contributed by atoms with Gasteiger partial charge in [-0.2, -0.15) is 0 Å². The van der Waals surface area contributed by atoms with Gasteiger partial charge >= 0.3 is 5.97 Å². The first-order valence-electron chi connectivity index (χ1n) is 15.2. The number of methoxy groups -OCH3 is 1. The molecule has 43 heavy (non-hydrogen) atoms. The van der Waals surface area contributed by atoms with Gasteiger partial charge in [-0.15, -0.1) is 0 Å². The maximum absolute atomic E-state index is 13.5. The van der Waals surface area contributed by atoms with Crippen LogP contribution in [0.2, 0.25) is 0 Å². The van der Waals surface area contributed by atoms with E-state index in [2.05, 4.69) is 36.8 Å². The molecule has 6 rings (SSSR count). The maximum atomic E-state index is 13.5. The van der Waals surface area contributed by atoms with Crippen molar-refractivity contribution in [2.45, 2.75) is 96.7 Å². The van der Waals surface area contributed by atoms with Gasteiger partial charge in [0.05, 0.1) is 29.7 Å². The highest BCUT2D eigenvalue weighted by atomic mass is 16.5. The van der Waals surface area contributed by atoms with Crippen LogP contribution in [0.1, 0.15) is 114 Å². The minimum Gasteiger partial charge on any atom is -0.469 e. The van der Waals surface area contributed by atoms with E-state index in [-0.39, 0.29) is 42.9 Å². The number of aliphatic hydroxyl groups is 2. The van der Waals surface area contributed by atoms with E-state index in [4.69, 9.17) is 14.7 Å². The number of ketones is 1. The third-order valence-electron chi connectivity index (χ3n) is 10.2. The number of nitrogens with one attached hydrogen (secondary N) is 2. The molecule has 3 aliphatic rings. The Morgan fingerprint density at radius 3 is 2.42 bits per heavy atom. The monoisotopic (exact) mass is 584 g/mol. The van der Waals surface area contributed by atoms with Gasteiger partial charge in [0.25, 0.3) is 0 Å². The van der Waals surface area contributed by atoms with E-state index in [1.807, 2.05) is 19.9 Å². The van der Waals surface area contributed by atoms with Crippen LogP contribution in [0.5, 0.6) is 0 Å². The number of aryl methyl sites for hydroxylation is 3. The summed E-state index contributed by atoms with van der Waals surface area (Å²) < 4.78 is 4.95. The molecule has 3 aromatic rings. The molecule has 5 heterocycles. The molecule has 2 aliphatic heterocycles. The molecule has 0 radical (unpaired) electrons. The third-order valence-corrected chi connectivity index (χ3v) is 10.2. The Kier molecular flexibility index (Phi) is 6.89. The van der Waals surface area contributed by atoms with Gasteiger partial charge in [-0.3, -0.25) is 19.6 Å². The number of nitrogens with zero attached hydrogens (tertiary/aromatic N) is 2. The van der Waals surface area contributed by atoms with Gasteiger partial charge in [0, 0.05) is 58.0 Å². The molecule has 0 spiro atoms. The smallest absolute Gasteiger partial charge is 0.305 e. The lowest BCUT2D eigenvalue weighted by Gasteiger charge is -2.34. The lowest BCUT2D eigenvalue weighted by atomic mass is 9.80. The fourth-order valence-corrected chi connectivity index (χ4v) is 7.34. The molecule has 3 aromatic heterocycles. The number of aromatic nitrogens is 4. The zero-order valence-corrected chi connectivity index (χ0v) is 25.9. The Labute approximate surface area is 250 Å². The number of H-pyrrole nitrogens is 2. The average molecular weight is 585 g/mol. The standard InChI is InChI=1S/C34H40N4O5/c1-8-19-16(3)22-13-23-17(4)20(10-11-29(40)43-7)31(36-23)21-12-26(39)30-18(5)24(37-32(21)30)14-28-34(42,9-2)33(6,41)27(38-28)15-25(19)35-22/h13-15,17,20,35,37,41-42H,8-12H2,1-7H3/t17-,20-,33+,34-/m0/s1. The van der Waals surface area contributed by atoms with Crippen LogP contribution >= 0.6 is 0 Å². The normalized spacial score (nSPS) is 24.5. The van der Waals surface area contributed by atoms with Crippen LogP contribution in [0.4, 0.5) is 0 Å². The largest absolute Gasteiger partial charge is 0.469 e. The van der Waals surface area contributed by atoms with Crippen LogP contribution in [-0.2, 0) is 33.6 Å². The molecule has 0 saturated heterocycles. The van der Waals surface area contributed by atoms with E-state index in [1.165, 1.54) is 7.11 Å². The number of aromatic amines is 2. The fraction of sp³-hybridized carbons (Fsp3) is 0.471. The predicted molar refractivity (Wildman–Crippen MR) is 164 cm³/mol. The molecule has 0 aromatic carbocycles. The molecule has 8 bridgehead atoms. The van der Waals surface area contributed by atoms with Gasteiger partial charge < -0.3 is 24.9 Å². The lowest BCUT2D eigenvalue weighted by molar-refractivity contribution is -0.148. The van der Waals surface area contributed by atoms with Crippen LogP contribution in [0, 0.1) is 13.8 Å². The topological polar surface area (TPSA) is 141 Å². The highest BCUT2D eigenvalue weighted by molar-refractivity contribution is 6.13. The van der Waals surface area contributed by atoms with E-state index < -0.39 is 11.2 Å². The van der Waals surface area contributed by atoms with E-state index in [9.17, 15) is 19.8 Å². The number of hydrogen-bond donors (Lipinski definition) is 4. The third kappa shape index (κ3) is 4.19. The molecule has 226 valence electrons. The van der Waals surface area contributed by atoms with Crippen molar-refractivity contribution in [1.29, 1.82) is 0 Å². The Morgan fingerprint density at radius 1 is 1.05 bits per heavy atom. The molecule has 1 aliphatic carbocycles. The summed E-state index contributed by atoms with van der Waals surface area (Å²) in [7, 11) is 1.39. The maximum Gasteiger partial charge on any atom is 0.305 e. The zero-order valence-electron chi connectivity index (χ0n) is 25.9. The van der Waals surface area contributed by atoms with Crippen LogP contribution in [0.25, 0.3) is 22.1 Å². The second-order valence-corrected chi connectivity index (χ2v) is 12.4. The Morgan fingerprint density at radius 2 is 1.74 bits per heavy atom. The Hall–Kier alpha value is -3.82. The molecule has 4 N–H and O–H groups in total. The molecular weight excluding hydrogens is 544 g/mol. The van der Waals surface area contributed by atoms with E-state index >= 15 is 0 Å². The van der Waals surface area contributed by atoms with Crippen molar-refractivity contribution >= 4 is 33.8 Å². The number of esters is 1. The highest BCUT2D eigenvalue weighted by Crippen LogP contribution is 2.47. The summed E-state index contributed by atoms with van der Waals surface area (Å²) in [6, 6.07) is 5.66. The molecule has 0 fully saturated rings. The molecule has 0 saturated carbocycles. The van der Waals surface area contributed by atoms with Gasteiger partial charge in [-0.25, -0.2) is 0 Å². The number of carbonyl (C=O) groups is 2. The summed E-state index contributed by atoms with van der Waals surface area (Å²) >= 11 is 0. The van der Waals surface area contributed by atoms with E-state index in [1.54, 1.807) is 13.0 Å². The van der Waals surface area contributed by atoms with Crippen molar-refractivity contribution in [1.82, 2.24) is 19.9 Å². The SMILES string of the molecule is CCc1c(C)c2cc3nc(c4c5[nH]c(cc6nc(cc1[nH]2)[C@@](C)(O)[C@]6(O)CC)c(C)c5C(=O)C4)[C@@H](CCC(=O)OC)[C@@H]3C. The van der Waals surface area contributed by atoms with Crippen LogP contribution < -0.4 is 0 Å². The molecule has 4 atom stereocenters. The minimum atomic E-state index is -1.65. The Balaban J connectivity index is 1.76. The molecule has 0 amide bonds. The van der Waals surface area contributed by atoms with Crippen molar-refractivity contribution in [2.75, 3.05) is 7.11 Å². The number of Topliss-reactive ketones (excluding diaryl/α,β-unsaturated/α-hetero) is 1. The van der Waals surface area contributed by atoms with Crippen molar-refractivity contribution in [3.05, 3.63) is 68.8 Å². The predicted octanol–water partition coefficient (Wildman–Crippen LogP) is 5.58. The summed E-state index contributed by atoms with van der Waals surface area (Å²) in [6.45, 7) is 11.6. The summed E-state index contributed by atoms with van der Waals surface area (Å²) in [5.74, 6) is -0.346. The molecule has 0 unspecified atom stereocenters. The van der Waals surface area contributed by atoms with Crippen molar-refractivity contribution in [3.63, 3.8) is 0 Å². The van der Waals surface area contributed by atoms with E-state index in [0.29, 0.717) is 28.9 Å².